The maximum atomic E-state index is 13.1. The molecule has 2 aromatic heterocycles. The lowest BCUT2D eigenvalue weighted by Crippen LogP contribution is -2.55. The number of carbonyl (C=O) groups excluding carboxylic acids is 1. The molecular formula is C24H24F3N3O. The number of alkyl halides is 3. The van der Waals surface area contributed by atoms with Gasteiger partial charge in [-0.15, -0.1) is 0 Å². The predicted octanol–water partition coefficient (Wildman–Crippen LogP) is 5.25. The Morgan fingerprint density at radius 2 is 1.97 bits per heavy atom. The summed E-state index contributed by atoms with van der Waals surface area (Å²) >= 11 is 0. The summed E-state index contributed by atoms with van der Waals surface area (Å²) in [6, 6.07) is 9.12. The number of nitrogens with zero attached hydrogens (tertiary/aromatic N) is 2. The van der Waals surface area contributed by atoms with E-state index in [0.29, 0.717) is 22.1 Å². The molecule has 5 rings (SSSR count). The molecule has 0 atom stereocenters. The molecule has 1 amide bonds. The maximum absolute atomic E-state index is 13.1. The number of hydrogen-bond donors (Lipinski definition) is 1. The van der Waals surface area contributed by atoms with Crippen LogP contribution >= 0.6 is 0 Å². The van der Waals surface area contributed by atoms with Crippen LogP contribution in [0, 0.1) is 11.3 Å². The fraction of sp³-hybridized carbons (Fsp3) is 0.417. The normalized spacial score (nSPS) is 25.3. The van der Waals surface area contributed by atoms with E-state index >= 15 is 0 Å². The van der Waals surface area contributed by atoms with Crippen LogP contribution in [-0.4, -0.2) is 21.6 Å². The zero-order valence-corrected chi connectivity index (χ0v) is 17.2. The summed E-state index contributed by atoms with van der Waals surface area (Å²) in [4.78, 5) is 13.0. The van der Waals surface area contributed by atoms with Gasteiger partial charge in [-0.2, -0.15) is 18.3 Å². The number of pyridine rings is 1. The molecule has 0 aliphatic heterocycles. The Morgan fingerprint density at radius 3 is 2.68 bits per heavy atom. The van der Waals surface area contributed by atoms with Gasteiger partial charge >= 0.3 is 6.18 Å². The monoisotopic (exact) mass is 427 g/mol. The summed E-state index contributed by atoms with van der Waals surface area (Å²) in [5.41, 5.74) is 2.17. The number of fused-ring (bicyclic) bond motifs is 1. The van der Waals surface area contributed by atoms with Crippen molar-refractivity contribution in [2.75, 3.05) is 0 Å². The highest BCUT2D eigenvalue weighted by Crippen LogP contribution is 2.58. The fourth-order valence-electron chi connectivity index (χ4n) is 5.60. The van der Waals surface area contributed by atoms with Crippen LogP contribution in [-0.2, 0) is 12.6 Å². The van der Waals surface area contributed by atoms with Crippen LogP contribution < -0.4 is 5.32 Å². The van der Waals surface area contributed by atoms with Crippen LogP contribution in [0.15, 0.2) is 48.8 Å². The first-order valence-electron chi connectivity index (χ1n) is 10.6. The van der Waals surface area contributed by atoms with Crippen molar-refractivity contribution in [2.24, 2.45) is 11.3 Å². The smallest absolute Gasteiger partial charge is 0.349 e. The van der Waals surface area contributed by atoms with Gasteiger partial charge in [0, 0.05) is 12.2 Å². The Bertz CT molecular complexity index is 1140. The van der Waals surface area contributed by atoms with Crippen LogP contribution in [0.25, 0.3) is 5.52 Å². The molecular weight excluding hydrogens is 403 g/mol. The predicted molar refractivity (Wildman–Crippen MR) is 111 cm³/mol. The summed E-state index contributed by atoms with van der Waals surface area (Å²) < 4.78 is 40.9. The van der Waals surface area contributed by atoms with Crippen LogP contribution in [0.5, 0.6) is 0 Å². The molecule has 162 valence electrons. The number of amides is 1. The topological polar surface area (TPSA) is 46.4 Å². The molecule has 2 aliphatic rings. The van der Waals surface area contributed by atoms with E-state index in [4.69, 9.17) is 0 Å². The Morgan fingerprint density at radius 1 is 1.19 bits per heavy atom. The van der Waals surface area contributed by atoms with Gasteiger partial charge in [-0.1, -0.05) is 31.2 Å². The lowest BCUT2D eigenvalue weighted by molar-refractivity contribution is -0.137. The van der Waals surface area contributed by atoms with Gasteiger partial charge in [-0.25, -0.2) is 4.52 Å². The van der Waals surface area contributed by atoms with Gasteiger partial charge in [-0.05, 0) is 66.7 Å². The van der Waals surface area contributed by atoms with Crippen molar-refractivity contribution in [3.05, 3.63) is 71.0 Å². The molecule has 2 aliphatic carbocycles. The lowest BCUT2D eigenvalue weighted by atomic mass is 9.50. The molecule has 2 saturated carbocycles. The van der Waals surface area contributed by atoms with Crippen molar-refractivity contribution in [1.29, 1.82) is 0 Å². The third-order valence-electron chi connectivity index (χ3n) is 6.77. The molecule has 0 bridgehead atoms. The average molecular weight is 427 g/mol. The van der Waals surface area contributed by atoms with Crippen molar-refractivity contribution < 1.29 is 18.0 Å². The highest BCUT2D eigenvalue weighted by Gasteiger charge is 2.51. The first-order valence-corrected chi connectivity index (χ1v) is 10.6. The SMILES string of the molecule is CC1CC2(C1)CC(NC(=O)c1cnn3cccc(Cc4cccc(C(F)(F)F)c4)c13)C2. The van der Waals surface area contributed by atoms with Crippen molar-refractivity contribution in [2.45, 2.75) is 51.2 Å². The molecule has 0 saturated heterocycles. The molecule has 3 aromatic rings. The van der Waals surface area contributed by atoms with Gasteiger partial charge in [0.25, 0.3) is 5.91 Å². The summed E-state index contributed by atoms with van der Waals surface area (Å²) in [7, 11) is 0. The summed E-state index contributed by atoms with van der Waals surface area (Å²) in [6.07, 6.45) is 3.73. The number of aromatic nitrogens is 2. The highest BCUT2D eigenvalue weighted by molar-refractivity contribution is 6.01. The highest BCUT2D eigenvalue weighted by atomic mass is 19.4. The van der Waals surface area contributed by atoms with E-state index in [1.807, 2.05) is 6.07 Å². The zero-order chi connectivity index (χ0) is 21.8. The van der Waals surface area contributed by atoms with Crippen LogP contribution in [0.1, 0.15) is 59.7 Å². The zero-order valence-electron chi connectivity index (χ0n) is 17.2. The van der Waals surface area contributed by atoms with Crippen LogP contribution in [0.3, 0.4) is 0 Å². The maximum Gasteiger partial charge on any atom is 0.416 e. The van der Waals surface area contributed by atoms with Gasteiger partial charge < -0.3 is 5.32 Å². The summed E-state index contributed by atoms with van der Waals surface area (Å²) in [6.45, 7) is 2.27. The van der Waals surface area contributed by atoms with E-state index in [0.717, 1.165) is 36.5 Å². The minimum Gasteiger partial charge on any atom is -0.349 e. The minimum atomic E-state index is -4.39. The molecule has 31 heavy (non-hydrogen) atoms. The minimum absolute atomic E-state index is 0.168. The van der Waals surface area contributed by atoms with Gasteiger partial charge in [-0.3, -0.25) is 4.79 Å². The second kappa shape index (κ2) is 7.11. The molecule has 2 heterocycles. The van der Waals surface area contributed by atoms with Gasteiger partial charge in [0.15, 0.2) is 0 Å². The van der Waals surface area contributed by atoms with Crippen LogP contribution in [0.4, 0.5) is 13.2 Å². The van der Waals surface area contributed by atoms with Crippen molar-refractivity contribution in [3.63, 3.8) is 0 Å². The Hall–Kier alpha value is -2.83. The van der Waals surface area contributed by atoms with E-state index in [1.54, 1.807) is 29.0 Å². The molecule has 7 heteroatoms. The Balaban J connectivity index is 1.37. The molecule has 1 spiro atoms. The average Bonchev–Trinajstić information content (AvgIpc) is 3.10. The van der Waals surface area contributed by atoms with E-state index in [-0.39, 0.29) is 18.4 Å². The number of halogens is 3. The van der Waals surface area contributed by atoms with Gasteiger partial charge in [0.2, 0.25) is 0 Å². The number of carbonyl (C=O) groups is 1. The third kappa shape index (κ3) is 3.70. The van der Waals surface area contributed by atoms with Gasteiger partial charge in [0.05, 0.1) is 22.8 Å². The third-order valence-corrected chi connectivity index (χ3v) is 6.77. The number of benzene rings is 1. The van der Waals surface area contributed by atoms with Crippen molar-refractivity contribution in [1.82, 2.24) is 14.9 Å². The molecule has 2 fully saturated rings. The Labute approximate surface area is 178 Å². The van der Waals surface area contributed by atoms with Crippen molar-refractivity contribution in [3.8, 4) is 0 Å². The van der Waals surface area contributed by atoms with E-state index in [1.165, 1.54) is 18.9 Å². The molecule has 1 aromatic carbocycles. The molecule has 1 N–H and O–H groups in total. The summed E-state index contributed by atoms with van der Waals surface area (Å²) in [5.74, 6) is 0.619. The van der Waals surface area contributed by atoms with Crippen LogP contribution in [0.2, 0.25) is 0 Å². The van der Waals surface area contributed by atoms with E-state index in [9.17, 15) is 18.0 Å². The largest absolute Gasteiger partial charge is 0.416 e. The first-order chi connectivity index (χ1) is 14.7. The standard InChI is InChI=1S/C24H24F3N3O/c1-15-10-23(11-15)12-19(13-23)29-22(31)20-14-28-30-7-3-5-17(21(20)30)8-16-4-2-6-18(9-16)24(25,26)27/h2-7,9,14-15,19H,8,10-13H2,1H3,(H,29,31). The molecule has 0 radical (unpaired) electrons. The second-order valence-corrected chi connectivity index (χ2v) is 9.35. The lowest BCUT2D eigenvalue weighted by Gasteiger charge is -2.57. The molecule has 0 unspecified atom stereocenters. The second-order valence-electron chi connectivity index (χ2n) is 9.35. The number of hydrogen-bond acceptors (Lipinski definition) is 2. The molecule has 4 nitrogen and oxygen atoms in total. The quantitative estimate of drug-likeness (QED) is 0.618. The van der Waals surface area contributed by atoms with E-state index < -0.39 is 11.7 Å². The Kier molecular flexibility index (Phi) is 4.61. The fourth-order valence-corrected chi connectivity index (χ4v) is 5.60. The van der Waals surface area contributed by atoms with E-state index in [2.05, 4.69) is 17.3 Å². The summed E-state index contributed by atoms with van der Waals surface area (Å²) in [5, 5.41) is 7.42. The number of rotatable bonds is 4. The van der Waals surface area contributed by atoms with Crippen molar-refractivity contribution >= 4 is 11.4 Å². The number of nitrogens with one attached hydrogen (secondary N) is 1. The van der Waals surface area contributed by atoms with Gasteiger partial charge in [0.1, 0.15) is 0 Å². The first kappa shape index (κ1) is 20.1.